The molecule has 3 aromatic carbocycles. The lowest BCUT2D eigenvalue weighted by Gasteiger charge is -2.28. The summed E-state index contributed by atoms with van der Waals surface area (Å²) in [6, 6.07) is 25.1. The van der Waals surface area contributed by atoms with E-state index < -0.39 is 22.5 Å². The van der Waals surface area contributed by atoms with E-state index >= 15 is 4.20 Å². The maximum absolute atomic E-state index is 16.0. The Hall–Kier alpha value is -1.86. The lowest BCUT2D eigenvalue weighted by atomic mass is 10.4. The van der Waals surface area contributed by atoms with Gasteiger partial charge in [-0.15, -0.1) is 8.39 Å². The van der Waals surface area contributed by atoms with E-state index in [1.54, 1.807) is 78.9 Å². The minimum atomic E-state index is -5.20. The summed E-state index contributed by atoms with van der Waals surface area (Å²) < 4.78 is 57.1. The number of hydrogen-bond donors (Lipinski definition) is 0. The van der Waals surface area contributed by atoms with Gasteiger partial charge in [0.05, 0.1) is 0 Å². The minimum absolute atomic E-state index is 0.0933. The molecular weight excluding hydrogens is 408 g/mol. The summed E-state index contributed by atoms with van der Waals surface area (Å²) in [4.78, 5) is 0. The Bertz CT molecular complexity index is 1080. The van der Waals surface area contributed by atoms with Gasteiger partial charge in [0.1, 0.15) is 7.21 Å². The van der Waals surface area contributed by atoms with Crippen molar-refractivity contribution in [2.75, 3.05) is 0 Å². The molecule has 0 aliphatic carbocycles. The summed E-state index contributed by atoms with van der Waals surface area (Å²) in [6.45, 7) is 0. The van der Waals surface area contributed by atoms with Crippen LogP contribution in [0.2, 0.25) is 0 Å². The maximum Gasteiger partial charge on any atom is 0.420 e. The molecule has 0 aromatic heterocycles. The van der Waals surface area contributed by atoms with E-state index in [1.807, 2.05) is 0 Å². The summed E-state index contributed by atoms with van der Waals surface area (Å²) >= 11 is 0. The molecule has 1 unspecified atom stereocenters. The fourth-order valence-electron chi connectivity index (χ4n) is 2.87. The zero-order valence-electron chi connectivity index (χ0n) is 14.0. The SMILES string of the molecule is FP1(F)=NP(c2ccccc2)(c2ccccc2)=NP(F)(c2ccccc2)=N1. The second-order valence-electron chi connectivity index (χ2n) is 5.86. The molecule has 0 radical (unpaired) electrons. The zero-order valence-corrected chi connectivity index (χ0v) is 16.7. The van der Waals surface area contributed by atoms with Crippen LogP contribution in [0.4, 0.5) is 12.6 Å². The van der Waals surface area contributed by atoms with Crippen molar-refractivity contribution in [2.24, 2.45) is 13.5 Å². The number of benzene rings is 3. The third-order valence-electron chi connectivity index (χ3n) is 4.03. The predicted octanol–water partition coefficient (Wildman–Crippen LogP) is 6.98. The average Bonchev–Trinajstić information content (AvgIpc) is 2.68. The van der Waals surface area contributed by atoms with Gasteiger partial charge in [-0.1, -0.05) is 78.9 Å². The van der Waals surface area contributed by atoms with Crippen molar-refractivity contribution in [1.82, 2.24) is 0 Å². The fraction of sp³-hybridized carbons (Fsp3) is 0. The first-order valence-corrected chi connectivity index (χ1v) is 12.9. The highest BCUT2D eigenvalue weighted by Gasteiger charge is 2.40. The zero-order chi connectivity index (χ0) is 19.0. The molecule has 1 aliphatic heterocycles. The first-order chi connectivity index (χ1) is 12.9. The normalized spacial score (nSPS) is 22.8. The van der Waals surface area contributed by atoms with Gasteiger partial charge < -0.3 is 0 Å². The van der Waals surface area contributed by atoms with Gasteiger partial charge in [-0.05, 0) is 12.1 Å². The molecule has 0 saturated heterocycles. The van der Waals surface area contributed by atoms with E-state index in [2.05, 4.69) is 13.5 Å². The maximum atomic E-state index is 16.0. The van der Waals surface area contributed by atoms with E-state index in [4.69, 9.17) is 0 Å². The molecule has 0 N–H and O–H groups in total. The molecular formula is C18H15F3N3P3. The number of halogens is 3. The molecule has 3 aromatic rings. The molecule has 4 rings (SSSR count). The second-order valence-corrected chi connectivity index (χ2v) is 12.7. The van der Waals surface area contributed by atoms with Gasteiger partial charge in [0.25, 0.3) is 7.52 Å². The quantitative estimate of drug-likeness (QED) is 0.408. The highest BCUT2D eigenvalue weighted by Crippen LogP contribution is 2.79. The first kappa shape index (κ1) is 18.5. The fourth-order valence-corrected chi connectivity index (χ4v) is 12.5. The molecule has 0 spiro atoms. The van der Waals surface area contributed by atoms with Crippen molar-refractivity contribution in [1.29, 1.82) is 0 Å². The summed E-state index contributed by atoms with van der Waals surface area (Å²) in [5.41, 5.74) is 0. The van der Waals surface area contributed by atoms with E-state index in [0.717, 1.165) is 0 Å². The second kappa shape index (κ2) is 6.95. The molecule has 1 atom stereocenters. The Balaban J connectivity index is 2.14. The Morgan fingerprint density at radius 1 is 0.481 bits per heavy atom. The standard InChI is InChI=1S/C18H15F3N3P3/c19-26(18-14-8-3-9-15-18)22-25(23-27(20,21)24-26,16-10-4-1-5-11-16)17-12-6-2-7-13-17/h1-15H. The van der Waals surface area contributed by atoms with Crippen LogP contribution in [-0.4, -0.2) is 0 Å². The predicted molar refractivity (Wildman–Crippen MR) is 110 cm³/mol. The van der Waals surface area contributed by atoms with Crippen molar-refractivity contribution in [3.05, 3.63) is 91.0 Å². The highest BCUT2D eigenvalue weighted by atomic mass is 31.3. The van der Waals surface area contributed by atoms with Crippen molar-refractivity contribution in [2.45, 2.75) is 0 Å². The lowest BCUT2D eigenvalue weighted by Crippen LogP contribution is -2.16. The third-order valence-corrected chi connectivity index (χ3v) is 12.7. The summed E-state index contributed by atoms with van der Waals surface area (Å²) in [7, 11) is -12.9. The Morgan fingerprint density at radius 3 is 1.33 bits per heavy atom. The monoisotopic (exact) mass is 423 g/mol. The molecule has 138 valence electrons. The average molecular weight is 423 g/mol. The van der Waals surface area contributed by atoms with Gasteiger partial charge in [-0.3, -0.25) is 0 Å². The number of hydrogen-bond acceptors (Lipinski definition) is 3. The van der Waals surface area contributed by atoms with Gasteiger partial charge in [0.15, 0.2) is 0 Å². The van der Waals surface area contributed by atoms with Gasteiger partial charge in [-0.2, -0.15) is 17.7 Å². The van der Waals surface area contributed by atoms with Crippen molar-refractivity contribution >= 4 is 38.5 Å². The van der Waals surface area contributed by atoms with Crippen LogP contribution < -0.4 is 15.9 Å². The van der Waals surface area contributed by atoms with E-state index in [-0.39, 0.29) is 5.30 Å². The number of rotatable bonds is 3. The smallest absolute Gasteiger partial charge is 0.199 e. The Kier molecular flexibility index (Phi) is 4.76. The van der Waals surface area contributed by atoms with Crippen LogP contribution in [0.25, 0.3) is 0 Å². The molecule has 0 amide bonds. The van der Waals surface area contributed by atoms with Gasteiger partial charge in [0.2, 0.25) is 0 Å². The third kappa shape index (κ3) is 3.50. The van der Waals surface area contributed by atoms with Crippen LogP contribution in [0.1, 0.15) is 0 Å². The van der Waals surface area contributed by atoms with Crippen molar-refractivity contribution < 1.29 is 12.6 Å². The van der Waals surface area contributed by atoms with Gasteiger partial charge >= 0.3 is 7.83 Å². The molecule has 27 heavy (non-hydrogen) atoms. The van der Waals surface area contributed by atoms with Crippen LogP contribution in [-0.2, 0) is 0 Å². The molecule has 0 bridgehead atoms. The summed E-state index contributed by atoms with van der Waals surface area (Å²) in [5.74, 6) is 0. The van der Waals surface area contributed by atoms with Crippen molar-refractivity contribution in [3.8, 4) is 0 Å². The molecule has 0 saturated carbocycles. The molecule has 0 fully saturated rings. The van der Waals surface area contributed by atoms with Crippen LogP contribution in [0.15, 0.2) is 105 Å². The van der Waals surface area contributed by atoms with Crippen LogP contribution in [0.5, 0.6) is 0 Å². The Labute approximate surface area is 156 Å². The van der Waals surface area contributed by atoms with E-state index in [1.165, 1.54) is 12.1 Å². The van der Waals surface area contributed by atoms with E-state index in [9.17, 15) is 8.39 Å². The first-order valence-electron chi connectivity index (χ1n) is 8.11. The lowest BCUT2D eigenvalue weighted by molar-refractivity contribution is 0.725. The van der Waals surface area contributed by atoms with Crippen LogP contribution in [0.3, 0.4) is 0 Å². The topological polar surface area (TPSA) is 37.1 Å². The highest BCUT2D eigenvalue weighted by molar-refractivity contribution is 7.91. The molecule has 9 heteroatoms. The molecule has 3 nitrogen and oxygen atoms in total. The number of nitrogens with zero attached hydrogens (tertiary/aromatic N) is 3. The molecule has 1 aliphatic rings. The van der Waals surface area contributed by atoms with Gasteiger partial charge in [0, 0.05) is 15.9 Å². The van der Waals surface area contributed by atoms with Crippen molar-refractivity contribution in [3.63, 3.8) is 0 Å². The minimum Gasteiger partial charge on any atom is -0.199 e. The van der Waals surface area contributed by atoms with E-state index in [0.29, 0.717) is 10.6 Å². The largest absolute Gasteiger partial charge is 0.420 e. The summed E-state index contributed by atoms with van der Waals surface area (Å²) in [6.07, 6.45) is 0. The van der Waals surface area contributed by atoms with Gasteiger partial charge in [-0.25, -0.2) is 0 Å². The summed E-state index contributed by atoms with van der Waals surface area (Å²) in [5, 5.41) is 1.10. The van der Waals surface area contributed by atoms with Crippen LogP contribution in [0, 0.1) is 0 Å². The van der Waals surface area contributed by atoms with Crippen LogP contribution >= 0.6 is 22.5 Å². The molecule has 1 heterocycles. The Morgan fingerprint density at radius 2 is 0.889 bits per heavy atom.